The highest BCUT2D eigenvalue weighted by Crippen LogP contribution is 2.11. The lowest BCUT2D eigenvalue weighted by Crippen LogP contribution is -2.27. The first kappa shape index (κ1) is 14.5. The lowest BCUT2D eigenvalue weighted by Gasteiger charge is -2.16. The van der Waals surface area contributed by atoms with Gasteiger partial charge in [0.2, 0.25) is 0 Å². The summed E-state index contributed by atoms with van der Waals surface area (Å²) in [6.45, 7) is 3.09. The predicted molar refractivity (Wildman–Crippen MR) is 72.3 cm³/mol. The smallest absolute Gasteiger partial charge is 0.122 e. The Labute approximate surface area is 108 Å². The minimum atomic E-state index is 0.0702. The summed E-state index contributed by atoms with van der Waals surface area (Å²) in [4.78, 5) is 2.15. The lowest BCUT2D eigenvalue weighted by molar-refractivity contribution is 0.150. The van der Waals surface area contributed by atoms with E-state index in [2.05, 4.69) is 4.90 Å². The third-order valence-electron chi connectivity index (χ3n) is 2.58. The number of nitrogens with two attached hydrogens (primary N) is 1. The maximum Gasteiger partial charge on any atom is 0.122 e. The van der Waals surface area contributed by atoms with E-state index in [1.165, 1.54) is 0 Å². The monoisotopic (exact) mass is 251 g/mol. The molecule has 0 bridgehead atoms. The van der Waals surface area contributed by atoms with Crippen molar-refractivity contribution in [3.05, 3.63) is 29.8 Å². The zero-order valence-corrected chi connectivity index (χ0v) is 11.0. The largest absolute Gasteiger partial charge is 0.492 e. The van der Waals surface area contributed by atoms with Crippen molar-refractivity contribution in [3.63, 3.8) is 0 Å². The van der Waals surface area contributed by atoms with Gasteiger partial charge in [0.25, 0.3) is 0 Å². The molecule has 0 unspecified atom stereocenters. The molecule has 0 saturated carbocycles. The van der Waals surface area contributed by atoms with Crippen LogP contribution in [-0.4, -0.2) is 51.2 Å². The van der Waals surface area contributed by atoms with E-state index >= 15 is 0 Å². The van der Waals surface area contributed by atoms with E-state index < -0.39 is 0 Å². The Kier molecular flexibility index (Phi) is 6.18. The second-order valence-corrected chi connectivity index (χ2v) is 4.08. The standard InChI is InChI=1S/C13H21N3O2/c1-16(7-9-17-2)8-10-18-12-5-3-11(4-6-12)13(14)15/h3-6H,7-10H2,1-2H3,(H3,14,15). The molecular weight excluding hydrogens is 230 g/mol. The summed E-state index contributed by atoms with van der Waals surface area (Å²) < 4.78 is 10.6. The van der Waals surface area contributed by atoms with Gasteiger partial charge in [0.15, 0.2) is 0 Å². The average Bonchev–Trinajstić information content (AvgIpc) is 2.37. The number of nitrogen functional groups attached to an aromatic ring is 1. The summed E-state index contributed by atoms with van der Waals surface area (Å²) in [5.41, 5.74) is 6.08. The molecule has 0 aliphatic heterocycles. The molecule has 0 saturated heterocycles. The normalized spacial score (nSPS) is 10.6. The molecule has 5 nitrogen and oxygen atoms in total. The molecule has 0 aliphatic carbocycles. The molecule has 0 atom stereocenters. The SMILES string of the molecule is COCCN(C)CCOc1ccc(C(=N)N)cc1. The van der Waals surface area contributed by atoms with Crippen LogP contribution >= 0.6 is 0 Å². The fourth-order valence-electron chi connectivity index (χ4n) is 1.41. The van der Waals surface area contributed by atoms with E-state index in [1.54, 1.807) is 19.2 Å². The van der Waals surface area contributed by atoms with Crippen molar-refractivity contribution >= 4 is 5.84 Å². The van der Waals surface area contributed by atoms with E-state index in [9.17, 15) is 0 Å². The number of hydrogen-bond acceptors (Lipinski definition) is 4. The molecular formula is C13H21N3O2. The van der Waals surface area contributed by atoms with Gasteiger partial charge in [-0.1, -0.05) is 0 Å². The van der Waals surface area contributed by atoms with E-state index in [1.807, 2.05) is 19.2 Å². The molecule has 100 valence electrons. The molecule has 0 aromatic heterocycles. The van der Waals surface area contributed by atoms with E-state index in [0.717, 1.165) is 25.4 Å². The van der Waals surface area contributed by atoms with E-state index in [4.69, 9.17) is 20.6 Å². The second kappa shape index (κ2) is 7.68. The highest BCUT2D eigenvalue weighted by molar-refractivity contribution is 5.94. The van der Waals surface area contributed by atoms with Crippen molar-refractivity contribution in [3.8, 4) is 5.75 Å². The minimum absolute atomic E-state index is 0.0702. The third-order valence-corrected chi connectivity index (χ3v) is 2.58. The number of rotatable bonds is 8. The quantitative estimate of drug-likeness (QED) is 0.532. The molecule has 0 spiro atoms. The van der Waals surface area contributed by atoms with Crippen LogP contribution in [0, 0.1) is 5.41 Å². The van der Waals surface area contributed by atoms with Crippen LogP contribution in [0.1, 0.15) is 5.56 Å². The first-order chi connectivity index (χ1) is 8.63. The van der Waals surface area contributed by atoms with Crippen LogP contribution in [0.4, 0.5) is 0 Å². The molecule has 1 aromatic rings. The maximum atomic E-state index is 7.28. The van der Waals surface area contributed by atoms with Crippen molar-refractivity contribution in [2.45, 2.75) is 0 Å². The Morgan fingerprint density at radius 2 is 1.83 bits per heavy atom. The Hall–Kier alpha value is -1.59. The van der Waals surface area contributed by atoms with Gasteiger partial charge in [-0.3, -0.25) is 5.41 Å². The summed E-state index contributed by atoms with van der Waals surface area (Å²) in [7, 11) is 3.72. The molecule has 1 aromatic carbocycles. The number of benzene rings is 1. The highest BCUT2D eigenvalue weighted by atomic mass is 16.5. The molecule has 0 aliphatic rings. The number of amidine groups is 1. The van der Waals surface area contributed by atoms with Gasteiger partial charge in [0.05, 0.1) is 6.61 Å². The van der Waals surface area contributed by atoms with Crippen LogP contribution < -0.4 is 10.5 Å². The Balaban J connectivity index is 2.29. The van der Waals surface area contributed by atoms with Crippen LogP contribution in [-0.2, 0) is 4.74 Å². The van der Waals surface area contributed by atoms with Crippen molar-refractivity contribution in [1.82, 2.24) is 4.90 Å². The van der Waals surface area contributed by atoms with Gasteiger partial charge in [-0.15, -0.1) is 0 Å². The molecule has 18 heavy (non-hydrogen) atoms. The first-order valence-electron chi connectivity index (χ1n) is 5.88. The molecule has 0 fully saturated rings. The van der Waals surface area contributed by atoms with Gasteiger partial charge < -0.3 is 20.1 Å². The predicted octanol–water partition coefficient (Wildman–Crippen LogP) is 0.928. The van der Waals surface area contributed by atoms with Crippen LogP contribution in [0.5, 0.6) is 5.75 Å². The van der Waals surface area contributed by atoms with Crippen molar-refractivity contribution in [2.75, 3.05) is 40.5 Å². The summed E-state index contributed by atoms with van der Waals surface area (Å²) in [5.74, 6) is 0.862. The van der Waals surface area contributed by atoms with Crippen molar-refractivity contribution in [1.29, 1.82) is 5.41 Å². The molecule has 0 amide bonds. The Morgan fingerprint density at radius 3 is 2.39 bits per heavy atom. The van der Waals surface area contributed by atoms with Crippen LogP contribution in [0.15, 0.2) is 24.3 Å². The van der Waals surface area contributed by atoms with Crippen LogP contribution in [0.25, 0.3) is 0 Å². The third kappa shape index (κ3) is 5.16. The van der Waals surface area contributed by atoms with E-state index in [-0.39, 0.29) is 5.84 Å². The van der Waals surface area contributed by atoms with Gasteiger partial charge >= 0.3 is 0 Å². The maximum absolute atomic E-state index is 7.28. The molecule has 3 N–H and O–H groups in total. The number of methoxy groups -OCH3 is 1. The average molecular weight is 251 g/mol. The van der Waals surface area contributed by atoms with Gasteiger partial charge in [0.1, 0.15) is 18.2 Å². The van der Waals surface area contributed by atoms with Crippen LogP contribution in [0.2, 0.25) is 0 Å². The first-order valence-corrected chi connectivity index (χ1v) is 5.88. The fraction of sp³-hybridized carbons (Fsp3) is 0.462. The van der Waals surface area contributed by atoms with Crippen molar-refractivity contribution in [2.24, 2.45) is 5.73 Å². The number of hydrogen-bond donors (Lipinski definition) is 2. The Bertz CT molecular complexity index is 365. The molecule has 1 rings (SSSR count). The summed E-state index contributed by atoms with van der Waals surface area (Å²) in [6.07, 6.45) is 0. The molecule has 0 heterocycles. The minimum Gasteiger partial charge on any atom is -0.492 e. The number of ether oxygens (including phenoxy) is 2. The fourth-order valence-corrected chi connectivity index (χ4v) is 1.41. The summed E-state index contributed by atoms with van der Waals surface area (Å²) >= 11 is 0. The number of nitrogens with zero attached hydrogens (tertiary/aromatic N) is 1. The summed E-state index contributed by atoms with van der Waals surface area (Å²) in [6, 6.07) is 7.22. The van der Waals surface area contributed by atoms with Crippen LogP contribution in [0.3, 0.4) is 0 Å². The van der Waals surface area contributed by atoms with Gasteiger partial charge in [-0.25, -0.2) is 0 Å². The highest BCUT2D eigenvalue weighted by Gasteiger charge is 2.00. The zero-order chi connectivity index (χ0) is 13.4. The van der Waals surface area contributed by atoms with Gasteiger partial charge in [-0.2, -0.15) is 0 Å². The van der Waals surface area contributed by atoms with Crippen molar-refractivity contribution < 1.29 is 9.47 Å². The zero-order valence-electron chi connectivity index (χ0n) is 11.0. The Morgan fingerprint density at radius 1 is 1.22 bits per heavy atom. The number of likely N-dealkylation sites (N-methyl/N-ethyl adjacent to an activating group) is 1. The summed E-state index contributed by atoms with van der Waals surface area (Å²) in [5, 5.41) is 7.28. The van der Waals surface area contributed by atoms with E-state index in [0.29, 0.717) is 12.2 Å². The number of nitrogens with one attached hydrogen (secondary N) is 1. The second-order valence-electron chi connectivity index (χ2n) is 4.08. The topological polar surface area (TPSA) is 71.6 Å². The molecule has 5 heteroatoms. The molecule has 0 radical (unpaired) electrons. The lowest BCUT2D eigenvalue weighted by atomic mass is 10.2. The van der Waals surface area contributed by atoms with Gasteiger partial charge in [-0.05, 0) is 31.3 Å². The van der Waals surface area contributed by atoms with Gasteiger partial charge in [0, 0.05) is 25.8 Å².